The van der Waals surface area contributed by atoms with Crippen LogP contribution >= 0.6 is 0 Å². The zero-order chi connectivity index (χ0) is 14.5. The van der Waals surface area contributed by atoms with E-state index < -0.39 is 17.5 Å². The molecule has 0 unspecified atom stereocenters. The molecule has 1 heterocycles. The normalized spacial score (nSPS) is 35.0. The minimum atomic E-state index is -0.823. The van der Waals surface area contributed by atoms with Crippen LogP contribution in [0.15, 0.2) is 18.2 Å². The quantitative estimate of drug-likeness (QED) is 0.801. The van der Waals surface area contributed by atoms with Gasteiger partial charge in [0.15, 0.2) is 5.79 Å². The topological polar surface area (TPSA) is 55.8 Å². The van der Waals surface area contributed by atoms with Gasteiger partial charge in [0.05, 0.1) is 5.60 Å². The Morgan fingerprint density at radius 3 is 2.80 bits per heavy atom. The summed E-state index contributed by atoms with van der Waals surface area (Å²) in [7, 11) is 0. The zero-order valence-electron chi connectivity index (χ0n) is 12.1. The summed E-state index contributed by atoms with van der Waals surface area (Å²) in [6, 6.07) is 5.50. The predicted octanol–water partition coefficient (Wildman–Crippen LogP) is 2.52. The van der Waals surface area contributed by atoms with Crippen molar-refractivity contribution in [2.24, 2.45) is 5.92 Å². The number of phenolic OH excluding ortho intramolecular Hbond substituents is 1. The third-order valence-electron chi connectivity index (χ3n) is 4.51. The van der Waals surface area contributed by atoms with E-state index in [0.29, 0.717) is 5.75 Å². The van der Waals surface area contributed by atoms with E-state index in [9.17, 15) is 9.90 Å². The van der Waals surface area contributed by atoms with E-state index in [1.54, 1.807) is 6.07 Å². The molecule has 20 heavy (non-hydrogen) atoms. The third kappa shape index (κ3) is 1.86. The van der Waals surface area contributed by atoms with Gasteiger partial charge in [-0.1, -0.05) is 12.1 Å². The van der Waals surface area contributed by atoms with Crippen LogP contribution in [0.3, 0.4) is 0 Å². The van der Waals surface area contributed by atoms with E-state index in [-0.39, 0.29) is 5.92 Å². The van der Waals surface area contributed by atoms with Crippen LogP contribution in [-0.4, -0.2) is 23.3 Å². The predicted molar refractivity (Wildman–Crippen MR) is 73.4 cm³/mol. The highest BCUT2D eigenvalue weighted by atomic mass is 16.7. The summed E-state index contributed by atoms with van der Waals surface area (Å²) >= 11 is 0. The SMILES string of the molecule is CC1(C)O[C@H](C=O)[C@@H]2CCc3c(O)cccc3[C@]2(C)O1. The van der Waals surface area contributed by atoms with E-state index in [2.05, 4.69) is 0 Å². The lowest BCUT2D eigenvalue weighted by Crippen LogP contribution is -2.57. The number of fused-ring (bicyclic) bond motifs is 3. The fourth-order valence-corrected chi connectivity index (χ4v) is 3.75. The molecule has 1 fully saturated rings. The van der Waals surface area contributed by atoms with Gasteiger partial charge in [0.25, 0.3) is 0 Å². The number of aldehydes is 1. The average Bonchev–Trinajstić information content (AvgIpc) is 2.36. The first-order chi connectivity index (χ1) is 9.37. The number of carbonyl (C=O) groups is 1. The Morgan fingerprint density at radius 1 is 1.35 bits per heavy atom. The lowest BCUT2D eigenvalue weighted by Gasteiger charge is -2.53. The monoisotopic (exact) mass is 276 g/mol. The second-order valence-corrected chi connectivity index (χ2v) is 6.28. The van der Waals surface area contributed by atoms with Gasteiger partial charge in [-0.15, -0.1) is 0 Å². The first kappa shape index (κ1) is 13.6. The van der Waals surface area contributed by atoms with Crippen LogP contribution in [0.4, 0.5) is 0 Å². The van der Waals surface area contributed by atoms with Crippen molar-refractivity contribution in [3.8, 4) is 5.75 Å². The molecule has 0 aromatic heterocycles. The summed E-state index contributed by atoms with van der Waals surface area (Å²) in [4.78, 5) is 11.4. The van der Waals surface area contributed by atoms with Crippen molar-refractivity contribution < 1.29 is 19.4 Å². The largest absolute Gasteiger partial charge is 0.508 e. The van der Waals surface area contributed by atoms with Gasteiger partial charge in [-0.05, 0) is 50.8 Å². The summed E-state index contributed by atoms with van der Waals surface area (Å²) in [5, 5.41) is 10.1. The fraction of sp³-hybridized carbons (Fsp3) is 0.562. The number of hydrogen-bond acceptors (Lipinski definition) is 4. The minimum absolute atomic E-state index is 0.0256. The van der Waals surface area contributed by atoms with Crippen molar-refractivity contribution in [1.29, 1.82) is 0 Å². The molecular formula is C16H20O4. The van der Waals surface area contributed by atoms with Crippen molar-refractivity contribution in [2.75, 3.05) is 0 Å². The number of phenols is 1. The van der Waals surface area contributed by atoms with Gasteiger partial charge in [-0.2, -0.15) is 0 Å². The maximum atomic E-state index is 11.4. The van der Waals surface area contributed by atoms with Crippen LogP contribution in [0, 0.1) is 5.92 Å². The summed E-state index contributed by atoms with van der Waals surface area (Å²) in [5.41, 5.74) is 1.28. The number of rotatable bonds is 1. The van der Waals surface area contributed by atoms with Gasteiger partial charge in [0, 0.05) is 5.92 Å². The van der Waals surface area contributed by atoms with Crippen LogP contribution in [-0.2, 0) is 26.3 Å². The molecule has 4 nitrogen and oxygen atoms in total. The Morgan fingerprint density at radius 2 is 2.10 bits per heavy atom. The van der Waals surface area contributed by atoms with Crippen LogP contribution in [0.1, 0.15) is 38.3 Å². The highest BCUT2D eigenvalue weighted by molar-refractivity contribution is 5.58. The summed E-state index contributed by atoms with van der Waals surface area (Å²) < 4.78 is 11.9. The van der Waals surface area contributed by atoms with Gasteiger partial charge in [0.2, 0.25) is 0 Å². The van der Waals surface area contributed by atoms with Gasteiger partial charge in [-0.3, -0.25) is 0 Å². The number of benzene rings is 1. The van der Waals surface area contributed by atoms with E-state index in [0.717, 1.165) is 30.3 Å². The van der Waals surface area contributed by atoms with Gasteiger partial charge in [-0.25, -0.2) is 0 Å². The summed E-state index contributed by atoms with van der Waals surface area (Å²) in [5.74, 6) is -0.545. The van der Waals surface area contributed by atoms with Crippen molar-refractivity contribution >= 4 is 6.29 Å². The molecule has 0 bridgehead atoms. The molecule has 0 saturated carbocycles. The van der Waals surface area contributed by atoms with Crippen LogP contribution in [0.5, 0.6) is 5.75 Å². The van der Waals surface area contributed by atoms with Gasteiger partial charge >= 0.3 is 0 Å². The second kappa shape index (κ2) is 4.30. The molecular weight excluding hydrogens is 256 g/mol. The molecule has 1 aliphatic heterocycles. The molecule has 0 radical (unpaired) electrons. The molecule has 1 N–H and O–H groups in total. The minimum Gasteiger partial charge on any atom is -0.508 e. The Balaban J connectivity index is 2.14. The second-order valence-electron chi connectivity index (χ2n) is 6.28. The summed E-state index contributed by atoms with van der Waals surface area (Å²) in [6.07, 6.45) is 1.90. The van der Waals surface area contributed by atoms with E-state index >= 15 is 0 Å². The summed E-state index contributed by atoms with van der Waals surface area (Å²) in [6.45, 7) is 5.64. The molecule has 3 rings (SSSR count). The van der Waals surface area contributed by atoms with Crippen LogP contribution < -0.4 is 0 Å². The molecule has 0 amide bonds. The van der Waals surface area contributed by atoms with E-state index in [1.165, 1.54) is 0 Å². The lowest BCUT2D eigenvalue weighted by molar-refractivity contribution is -0.351. The van der Waals surface area contributed by atoms with Crippen molar-refractivity contribution in [3.63, 3.8) is 0 Å². The molecule has 108 valence electrons. The number of hydrogen-bond donors (Lipinski definition) is 1. The van der Waals surface area contributed by atoms with Gasteiger partial charge < -0.3 is 19.4 Å². The molecule has 0 spiro atoms. The van der Waals surface area contributed by atoms with Crippen LogP contribution in [0.2, 0.25) is 0 Å². The number of carbonyl (C=O) groups excluding carboxylic acids is 1. The highest BCUT2D eigenvalue weighted by Gasteiger charge is 2.54. The molecule has 4 heteroatoms. The number of ether oxygens (including phenoxy) is 2. The fourth-order valence-electron chi connectivity index (χ4n) is 3.75. The van der Waals surface area contributed by atoms with Crippen LogP contribution in [0.25, 0.3) is 0 Å². The van der Waals surface area contributed by atoms with Crippen molar-refractivity contribution in [2.45, 2.75) is 51.1 Å². The molecule has 1 aliphatic carbocycles. The molecule has 2 aliphatic rings. The molecule has 1 aromatic rings. The van der Waals surface area contributed by atoms with Crippen molar-refractivity contribution in [3.05, 3.63) is 29.3 Å². The maximum absolute atomic E-state index is 11.4. The van der Waals surface area contributed by atoms with Gasteiger partial charge in [0.1, 0.15) is 18.1 Å². The number of aromatic hydroxyl groups is 1. The van der Waals surface area contributed by atoms with Crippen molar-refractivity contribution in [1.82, 2.24) is 0 Å². The Bertz CT molecular complexity index is 551. The molecule has 3 atom stereocenters. The third-order valence-corrected chi connectivity index (χ3v) is 4.51. The molecule has 1 aromatic carbocycles. The average molecular weight is 276 g/mol. The first-order valence-electron chi connectivity index (χ1n) is 7.02. The highest BCUT2D eigenvalue weighted by Crippen LogP contribution is 2.51. The first-order valence-corrected chi connectivity index (χ1v) is 7.02. The Hall–Kier alpha value is -1.39. The Labute approximate surface area is 118 Å². The van der Waals surface area contributed by atoms with E-state index in [4.69, 9.17) is 9.47 Å². The molecule has 1 saturated heterocycles. The smallest absolute Gasteiger partial charge is 0.164 e. The maximum Gasteiger partial charge on any atom is 0.164 e. The zero-order valence-corrected chi connectivity index (χ0v) is 12.1. The van der Waals surface area contributed by atoms with E-state index in [1.807, 2.05) is 32.9 Å². The lowest BCUT2D eigenvalue weighted by atomic mass is 9.69. The standard InChI is InChI=1S/C16H20O4/c1-15(2)19-14(9-17)12-8-7-10-11(16(12,3)20-15)5-4-6-13(10)18/h4-6,9,12,14,18H,7-8H2,1-3H3/t12-,14+,16-/m0/s1. The Kier molecular flexibility index (Phi) is 2.92.